The quantitative estimate of drug-likeness (QED) is 0.670. The molecule has 7 nitrogen and oxygen atoms in total. The average molecular weight is 249 g/mol. The van der Waals surface area contributed by atoms with Crippen LogP contribution in [0.1, 0.15) is 23.3 Å². The van der Waals surface area contributed by atoms with Gasteiger partial charge in [0.25, 0.3) is 5.91 Å². The fourth-order valence-corrected chi connectivity index (χ4v) is 1.73. The van der Waals surface area contributed by atoms with E-state index < -0.39 is 0 Å². The molecule has 0 radical (unpaired) electrons. The average Bonchev–Trinajstić information content (AvgIpc) is 2.82. The maximum Gasteiger partial charge on any atom is 0.271 e. The van der Waals surface area contributed by atoms with E-state index in [9.17, 15) is 9.59 Å². The summed E-state index contributed by atoms with van der Waals surface area (Å²) in [4.78, 5) is 22.3. The first kappa shape index (κ1) is 12.3. The highest BCUT2D eigenvalue weighted by atomic mass is 16.2. The van der Waals surface area contributed by atoms with Crippen LogP contribution in [0.3, 0.4) is 0 Å². The summed E-state index contributed by atoms with van der Waals surface area (Å²) in [5.74, 6) is 0.406. The summed E-state index contributed by atoms with van der Waals surface area (Å²) >= 11 is 0. The fourth-order valence-electron chi connectivity index (χ4n) is 1.73. The van der Waals surface area contributed by atoms with Crippen LogP contribution in [0.4, 0.5) is 5.82 Å². The summed E-state index contributed by atoms with van der Waals surface area (Å²) in [5, 5.41) is 16.1. The van der Waals surface area contributed by atoms with E-state index in [1.807, 2.05) is 0 Å². The summed E-state index contributed by atoms with van der Waals surface area (Å²) in [6.07, 6.45) is 1.41. The monoisotopic (exact) mass is 249 g/mol. The molecule has 2 heterocycles. The molecular formula is C11H15N5O2. The highest BCUT2D eigenvalue weighted by molar-refractivity contribution is 5.91. The molecule has 2 amide bonds. The number of anilines is 1. The first-order valence-corrected chi connectivity index (χ1v) is 5.78. The third kappa shape index (κ3) is 2.93. The molecule has 1 unspecified atom stereocenters. The molecular weight excluding hydrogens is 234 g/mol. The van der Waals surface area contributed by atoms with Gasteiger partial charge in [0.15, 0.2) is 5.69 Å². The first-order chi connectivity index (χ1) is 8.69. The SMILES string of the molecule is CNC(=O)c1ccc(NCC2CCC(=O)N2)nn1. The number of nitrogens with zero attached hydrogens (tertiary/aromatic N) is 2. The van der Waals surface area contributed by atoms with Crippen molar-refractivity contribution in [3.63, 3.8) is 0 Å². The van der Waals surface area contributed by atoms with Gasteiger partial charge >= 0.3 is 0 Å². The largest absolute Gasteiger partial charge is 0.367 e. The van der Waals surface area contributed by atoms with Gasteiger partial charge in [-0.2, -0.15) is 0 Å². The fraction of sp³-hybridized carbons (Fsp3) is 0.455. The Labute approximate surface area is 104 Å². The minimum absolute atomic E-state index is 0.0860. The molecule has 2 rings (SSSR count). The van der Waals surface area contributed by atoms with Crippen LogP contribution in [-0.2, 0) is 4.79 Å². The van der Waals surface area contributed by atoms with Crippen LogP contribution >= 0.6 is 0 Å². The molecule has 1 aromatic rings. The van der Waals surface area contributed by atoms with Crippen LogP contribution in [0.25, 0.3) is 0 Å². The van der Waals surface area contributed by atoms with E-state index in [2.05, 4.69) is 26.1 Å². The number of carbonyl (C=O) groups is 2. The number of hydrogen-bond donors (Lipinski definition) is 3. The van der Waals surface area contributed by atoms with E-state index in [1.54, 1.807) is 19.2 Å². The number of hydrogen-bond acceptors (Lipinski definition) is 5. The minimum Gasteiger partial charge on any atom is -0.367 e. The maximum absolute atomic E-state index is 11.2. The van der Waals surface area contributed by atoms with E-state index in [1.165, 1.54) is 0 Å². The third-order valence-corrected chi connectivity index (χ3v) is 2.74. The van der Waals surface area contributed by atoms with Gasteiger partial charge in [0.1, 0.15) is 5.82 Å². The predicted octanol–water partition coefficient (Wildman–Crippen LogP) is -0.473. The molecule has 1 saturated heterocycles. The zero-order valence-corrected chi connectivity index (χ0v) is 10.1. The van der Waals surface area contributed by atoms with Crippen LogP contribution in [0.2, 0.25) is 0 Å². The lowest BCUT2D eigenvalue weighted by Crippen LogP contribution is -2.32. The highest BCUT2D eigenvalue weighted by Crippen LogP contribution is 2.08. The van der Waals surface area contributed by atoms with Gasteiger partial charge in [-0.25, -0.2) is 0 Å². The molecule has 1 atom stereocenters. The van der Waals surface area contributed by atoms with Gasteiger partial charge in [0.05, 0.1) is 0 Å². The second-order valence-electron chi connectivity index (χ2n) is 4.07. The molecule has 0 saturated carbocycles. The molecule has 96 valence electrons. The molecule has 1 aliphatic heterocycles. The molecule has 0 aromatic carbocycles. The van der Waals surface area contributed by atoms with Gasteiger partial charge in [-0.3, -0.25) is 9.59 Å². The third-order valence-electron chi connectivity index (χ3n) is 2.74. The molecule has 0 spiro atoms. The Morgan fingerprint density at radius 1 is 1.50 bits per heavy atom. The molecule has 1 aromatic heterocycles. The number of carbonyl (C=O) groups excluding carboxylic acids is 2. The number of amides is 2. The Bertz CT molecular complexity index is 445. The second-order valence-corrected chi connectivity index (χ2v) is 4.07. The number of rotatable bonds is 4. The summed E-state index contributed by atoms with van der Waals surface area (Å²) in [6, 6.07) is 3.42. The number of nitrogens with one attached hydrogen (secondary N) is 3. The number of aromatic nitrogens is 2. The normalized spacial score (nSPS) is 18.3. The van der Waals surface area contributed by atoms with Gasteiger partial charge in [-0.05, 0) is 18.6 Å². The molecule has 18 heavy (non-hydrogen) atoms. The predicted molar refractivity (Wildman–Crippen MR) is 65.1 cm³/mol. The minimum atomic E-state index is -0.267. The van der Waals surface area contributed by atoms with Crippen molar-refractivity contribution in [1.29, 1.82) is 0 Å². The van der Waals surface area contributed by atoms with Crippen LogP contribution < -0.4 is 16.0 Å². The Kier molecular flexibility index (Phi) is 3.71. The van der Waals surface area contributed by atoms with Crippen molar-refractivity contribution in [1.82, 2.24) is 20.8 Å². The van der Waals surface area contributed by atoms with Crippen molar-refractivity contribution >= 4 is 17.6 Å². The lowest BCUT2D eigenvalue weighted by molar-refractivity contribution is -0.119. The van der Waals surface area contributed by atoms with Crippen LogP contribution in [0, 0.1) is 0 Å². The van der Waals surface area contributed by atoms with Crippen molar-refractivity contribution in [3.05, 3.63) is 17.8 Å². The Hall–Kier alpha value is -2.18. The van der Waals surface area contributed by atoms with E-state index in [0.717, 1.165) is 6.42 Å². The lowest BCUT2D eigenvalue weighted by atomic mass is 10.2. The van der Waals surface area contributed by atoms with Gasteiger partial charge < -0.3 is 16.0 Å². The Balaban J connectivity index is 1.86. The van der Waals surface area contributed by atoms with E-state index in [-0.39, 0.29) is 23.6 Å². The highest BCUT2D eigenvalue weighted by Gasteiger charge is 2.20. The van der Waals surface area contributed by atoms with E-state index >= 15 is 0 Å². The van der Waals surface area contributed by atoms with Crippen molar-refractivity contribution < 1.29 is 9.59 Å². The summed E-state index contributed by atoms with van der Waals surface area (Å²) in [7, 11) is 1.54. The zero-order chi connectivity index (χ0) is 13.0. The van der Waals surface area contributed by atoms with Crippen LogP contribution in [-0.4, -0.2) is 41.6 Å². The first-order valence-electron chi connectivity index (χ1n) is 5.78. The molecule has 3 N–H and O–H groups in total. The Morgan fingerprint density at radius 2 is 2.33 bits per heavy atom. The van der Waals surface area contributed by atoms with Gasteiger partial charge in [-0.1, -0.05) is 0 Å². The van der Waals surface area contributed by atoms with Crippen molar-refractivity contribution in [2.45, 2.75) is 18.9 Å². The molecule has 0 aliphatic carbocycles. The maximum atomic E-state index is 11.2. The topological polar surface area (TPSA) is 96.0 Å². The van der Waals surface area contributed by atoms with Gasteiger partial charge in [-0.15, -0.1) is 10.2 Å². The lowest BCUT2D eigenvalue weighted by Gasteiger charge is -2.11. The van der Waals surface area contributed by atoms with Crippen LogP contribution in [0.15, 0.2) is 12.1 Å². The summed E-state index contributed by atoms with van der Waals surface area (Å²) < 4.78 is 0. The zero-order valence-electron chi connectivity index (χ0n) is 10.1. The molecule has 7 heteroatoms. The second kappa shape index (κ2) is 5.44. The van der Waals surface area contributed by atoms with Crippen LogP contribution in [0.5, 0.6) is 0 Å². The van der Waals surface area contributed by atoms with Gasteiger partial charge in [0, 0.05) is 26.1 Å². The molecule has 1 aliphatic rings. The summed E-state index contributed by atoms with van der Waals surface area (Å²) in [5.41, 5.74) is 0.275. The smallest absolute Gasteiger partial charge is 0.271 e. The standard InChI is InChI=1S/C11H15N5O2/c1-12-11(18)8-3-4-9(16-15-8)13-6-7-2-5-10(17)14-7/h3-4,7H,2,5-6H2,1H3,(H,12,18)(H,13,16)(H,14,17). The van der Waals surface area contributed by atoms with Crippen molar-refractivity contribution in [2.24, 2.45) is 0 Å². The van der Waals surface area contributed by atoms with Gasteiger partial charge in [0.2, 0.25) is 5.91 Å². The summed E-state index contributed by atoms with van der Waals surface area (Å²) in [6.45, 7) is 0.611. The van der Waals surface area contributed by atoms with Crippen molar-refractivity contribution in [3.8, 4) is 0 Å². The Morgan fingerprint density at radius 3 is 2.89 bits per heavy atom. The molecule has 0 bridgehead atoms. The van der Waals surface area contributed by atoms with E-state index in [4.69, 9.17) is 0 Å². The van der Waals surface area contributed by atoms with Crippen molar-refractivity contribution in [2.75, 3.05) is 18.9 Å². The van der Waals surface area contributed by atoms with E-state index in [0.29, 0.717) is 18.8 Å². The molecule has 1 fully saturated rings.